The highest BCUT2D eigenvalue weighted by Crippen LogP contribution is 2.37. The molecule has 2 aromatic rings. The molecule has 1 unspecified atom stereocenters. The van der Waals surface area contributed by atoms with Gasteiger partial charge in [-0.3, -0.25) is 0 Å². The first-order valence-corrected chi connectivity index (χ1v) is 9.85. The smallest absolute Gasteiger partial charge is 0.341 e. The normalized spacial score (nSPS) is 18.6. The Kier molecular flexibility index (Phi) is 4.88. The SMILES string of the molecule is O=C(O)COc1ccc(S(=O)(=O)N2CCCC2c2ccsc2)cc1. The Morgan fingerprint density at radius 3 is 2.67 bits per heavy atom. The van der Waals surface area contributed by atoms with Crippen molar-refractivity contribution < 1.29 is 23.1 Å². The van der Waals surface area contributed by atoms with Gasteiger partial charge in [0.1, 0.15) is 5.75 Å². The summed E-state index contributed by atoms with van der Waals surface area (Å²) in [5.74, 6) is -0.755. The van der Waals surface area contributed by atoms with Crippen LogP contribution in [-0.2, 0) is 14.8 Å². The van der Waals surface area contributed by atoms with Crippen LogP contribution in [0.5, 0.6) is 5.75 Å². The zero-order chi connectivity index (χ0) is 17.2. The number of thiophene rings is 1. The minimum Gasteiger partial charge on any atom is -0.482 e. The molecular weight excluding hydrogens is 350 g/mol. The first kappa shape index (κ1) is 16.9. The molecule has 3 rings (SSSR count). The lowest BCUT2D eigenvalue weighted by Gasteiger charge is -2.23. The molecule has 1 aromatic heterocycles. The van der Waals surface area contributed by atoms with Crippen LogP contribution in [0.3, 0.4) is 0 Å². The summed E-state index contributed by atoms with van der Waals surface area (Å²) in [4.78, 5) is 10.7. The zero-order valence-corrected chi connectivity index (χ0v) is 14.4. The number of benzene rings is 1. The molecule has 2 heterocycles. The van der Waals surface area contributed by atoms with Crippen LogP contribution in [0, 0.1) is 0 Å². The molecule has 1 aromatic carbocycles. The third kappa shape index (κ3) is 3.45. The number of carbonyl (C=O) groups is 1. The third-order valence-corrected chi connectivity index (χ3v) is 6.55. The van der Waals surface area contributed by atoms with Gasteiger partial charge in [-0.05, 0) is 59.5 Å². The summed E-state index contributed by atoms with van der Waals surface area (Å²) >= 11 is 1.56. The van der Waals surface area contributed by atoms with Gasteiger partial charge < -0.3 is 9.84 Å². The van der Waals surface area contributed by atoms with Crippen molar-refractivity contribution in [2.24, 2.45) is 0 Å². The first-order chi connectivity index (χ1) is 11.5. The van der Waals surface area contributed by atoms with Gasteiger partial charge in [0.25, 0.3) is 0 Å². The Balaban J connectivity index is 1.81. The average molecular weight is 367 g/mol. The van der Waals surface area contributed by atoms with Crippen molar-refractivity contribution >= 4 is 27.3 Å². The second-order valence-corrected chi connectivity index (χ2v) is 8.15. The minimum absolute atomic E-state index is 0.121. The fraction of sp³-hybridized carbons (Fsp3) is 0.312. The van der Waals surface area contributed by atoms with E-state index in [2.05, 4.69) is 0 Å². The lowest BCUT2D eigenvalue weighted by molar-refractivity contribution is -0.139. The number of nitrogens with zero attached hydrogens (tertiary/aromatic N) is 1. The van der Waals surface area contributed by atoms with E-state index in [1.165, 1.54) is 24.3 Å². The molecule has 0 bridgehead atoms. The molecule has 0 saturated carbocycles. The van der Waals surface area contributed by atoms with Crippen LogP contribution in [0.4, 0.5) is 0 Å². The van der Waals surface area contributed by atoms with E-state index in [9.17, 15) is 13.2 Å². The van der Waals surface area contributed by atoms with Gasteiger partial charge in [0.2, 0.25) is 10.0 Å². The highest BCUT2D eigenvalue weighted by atomic mass is 32.2. The van der Waals surface area contributed by atoms with Crippen molar-refractivity contribution in [2.45, 2.75) is 23.8 Å². The number of sulfonamides is 1. The van der Waals surface area contributed by atoms with Gasteiger partial charge in [-0.15, -0.1) is 0 Å². The standard InChI is InChI=1S/C16H17NO5S2/c18-16(19)10-22-13-3-5-14(6-4-13)24(20,21)17-8-1-2-15(17)12-7-9-23-11-12/h3-7,9,11,15H,1-2,8,10H2,(H,18,19). The summed E-state index contributed by atoms with van der Waals surface area (Å²) in [6.45, 7) is 0.0402. The van der Waals surface area contributed by atoms with Gasteiger partial charge in [0, 0.05) is 6.54 Å². The van der Waals surface area contributed by atoms with Gasteiger partial charge >= 0.3 is 5.97 Å². The van der Waals surface area contributed by atoms with Crippen LogP contribution in [0.15, 0.2) is 46.0 Å². The highest BCUT2D eigenvalue weighted by molar-refractivity contribution is 7.89. The predicted octanol–water partition coefficient (Wildman–Crippen LogP) is 2.74. The molecule has 24 heavy (non-hydrogen) atoms. The van der Waals surface area contributed by atoms with E-state index in [-0.39, 0.29) is 10.9 Å². The Hall–Kier alpha value is -1.90. The monoisotopic (exact) mass is 367 g/mol. The van der Waals surface area contributed by atoms with Crippen LogP contribution in [0.25, 0.3) is 0 Å². The fourth-order valence-corrected chi connectivity index (χ4v) is 5.20. The quantitative estimate of drug-likeness (QED) is 0.849. The number of rotatable bonds is 6. The van der Waals surface area contributed by atoms with E-state index in [1.807, 2.05) is 16.8 Å². The lowest BCUT2D eigenvalue weighted by atomic mass is 10.1. The molecule has 0 amide bonds. The summed E-state index contributed by atoms with van der Waals surface area (Å²) in [5, 5.41) is 12.5. The molecule has 1 N–H and O–H groups in total. The van der Waals surface area contributed by atoms with E-state index in [0.29, 0.717) is 12.3 Å². The molecule has 6 nitrogen and oxygen atoms in total. The second-order valence-electron chi connectivity index (χ2n) is 5.48. The molecule has 1 atom stereocenters. The minimum atomic E-state index is -3.60. The van der Waals surface area contributed by atoms with Gasteiger partial charge in [0.05, 0.1) is 10.9 Å². The van der Waals surface area contributed by atoms with Crippen LogP contribution < -0.4 is 4.74 Å². The van der Waals surface area contributed by atoms with Crippen molar-refractivity contribution in [1.82, 2.24) is 4.31 Å². The lowest BCUT2D eigenvalue weighted by Crippen LogP contribution is -2.30. The van der Waals surface area contributed by atoms with Crippen molar-refractivity contribution in [1.29, 1.82) is 0 Å². The summed E-state index contributed by atoms with van der Waals surface area (Å²) < 4.78 is 32.4. The maximum absolute atomic E-state index is 12.9. The number of aliphatic carboxylic acids is 1. The molecule has 128 valence electrons. The molecule has 0 spiro atoms. The number of ether oxygens (including phenoxy) is 1. The molecule has 8 heteroatoms. The molecule has 1 fully saturated rings. The summed E-state index contributed by atoms with van der Waals surface area (Å²) in [7, 11) is -3.60. The number of carboxylic acids is 1. The highest BCUT2D eigenvalue weighted by Gasteiger charge is 2.36. The molecule has 1 aliphatic rings. The molecule has 1 saturated heterocycles. The van der Waals surface area contributed by atoms with Crippen LogP contribution in [0.1, 0.15) is 24.4 Å². The molecule has 1 aliphatic heterocycles. The average Bonchev–Trinajstić information content (AvgIpc) is 3.24. The Bertz CT molecular complexity index is 800. The summed E-state index contributed by atoms with van der Waals surface area (Å²) in [6.07, 6.45) is 1.65. The largest absolute Gasteiger partial charge is 0.482 e. The zero-order valence-electron chi connectivity index (χ0n) is 12.8. The predicted molar refractivity (Wildman–Crippen MR) is 89.8 cm³/mol. The van der Waals surface area contributed by atoms with Gasteiger partial charge in [0.15, 0.2) is 6.61 Å². The first-order valence-electron chi connectivity index (χ1n) is 7.47. The number of hydrogen-bond donors (Lipinski definition) is 1. The summed E-state index contributed by atoms with van der Waals surface area (Å²) in [5.41, 5.74) is 1.03. The van der Waals surface area contributed by atoms with Crippen molar-refractivity contribution in [2.75, 3.05) is 13.2 Å². The second kappa shape index (κ2) is 6.92. The van der Waals surface area contributed by atoms with Crippen molar-refractivity contribution in [3.8, 4) is 5.75 Å². The van der Waals surface area contributed by atoms with Gasteiger partial charge in [-0.25, -0.2) is 13.2 Å². The Morgan fingerprint density at radius 2 is 2.04 bits per heavy atom. The van der Waals surface area contributed by atoms with Crippen LogP contribution in [0.2, 0.25) is 0 Å². The van der Waals surface area contributed by atoms with Crippen LogP contribution in [-0.4, -0.2) is 37.0 Å². The maximum Gasteiger partial charge on any atom is 0.341 e. The third-order valence-electron chi connectivity index (χ3n) is 3.92. The van der Waals surface area contributed by atoms with Gasteiger partial charge in [-0.2, -0.15) is 15.6 Å². The summed E-state index contributed by atoms with van der Waals surface area (Å²) in [6, 6.07) is 7.71. The molecule has 0 radical (unpaired) electrons. The van der Waals surface area contributed by atoms with E-state index in [0.717, 1.165) is 18.4 Å². The number of carboxylic acid groups (broad SMARTS) is 1. The van der Waals surface area contributed by atoms with Crippen molar-refractivity contribution in [3.05, 3.63) is 46.7 Å². The number of hydrogen-bond acceptors (Lipinski definition) is 5. The van der Waals surface area contributed by atoms with E-state index >= 15 is 0 Å². The van der Waals surface area contributed by atoms with E-state index < -0.39 is 22.6 Å². The van der Waals surface area contributed by atoms with E-state index in [4.69, 9.17) is 9.84 Å². The van der Waals surface area contributed by atoms with Crippen LogP contribution >= 0.6 is 11.3 Å². The molecular formula is C16H17NO5S2. The topological polar surface area (TPSA) is 83.9 Å². The Morgan fingerprint density at radius 1 is 1.29 bits per heavy atom. The maximum atomic E-state index is 12.9. The molecule has 0 aliphatic carbocycles. The van der Waals surface area contributed by atoms with Crippen molar-refractivity contribution in [3.63, 3.8) is 0 Å². The van der Waals surface area contributed by atoms with E-state index in [1.54, 1.807) is 15.6 Å². The Labute approximate surface area is 144 Å². The fourth-order valence-electron chi connectivity index (χ4n) is 2.81. The van der Waals surface area contributed by atoms with Gasteiger partial charge in [-0.1, -0.05) is 0 Å².